The first-order valence-corrected chi connectivity index (χ1v) is 11.7. The van der Waals surface area contributed by atoms with Gasteiger partial charge in [0.1, 0.15) is 0 Å². The number of amides is 2. The average Bonchev–Trinajstić information content (AvgIpc) is 3.50. The number of carbonyl (C=O) groups is 1. The Morgan fingerprint density at radius 1 is 1.00 bits per heavy atom. The van der Waals surface area contributed by atoms with E-state index in [0.717, 1.165) is 48.1 Å². The molecule has 5 rings (SSSR count). The van der Waals surface area contributed by atoms with Crippen LogP contribution in [0.5, 0.6) is 11.5 Å². The van der Waals surface area contributed by atoms with E-state index in [2.05, 4.69) is 52.0 Å². The zero-order valence-corrected chi connectivity index (χ0v) is 19.7. The van der Waals surface area contributed by atoms with E-state index in [-0.39, 0.29) is 18.9 Å². The van der Waals surface area contributed by atoms with Crippen LogP contribution in [0.25, 0.3) is 22.5 Å². The van der Waals surface area contributed by atoms with E-state index in [1.54, 1.807) is 0 Å². The molecule has 0 saturated heterocycles. The Morgan fingerprint density at radius 3 is 2.53 bits per heavy atom. The maximum absolute atomic E-state index is 12.7. The molecule has 0 bridgehead atoms. The van der Waals surface area contributed by atoms with Gasteiger partial charge in [0.15, 0.2) is 11.5 Å². The third-order valence-corrected chi connectivity index (χ3v) is 6.83. The lowest BCUT2D eigenvalue weighted by Crippen LogP contribution is -2.41. The van der Waals surface area contributed by atoms with Gasteiger partial charge in [0, 0.05) is 17.3 Å². The summed E-state index contributed by atoms with van der Waals surface area (Å²) in [6, 6.07) is 11.4. The van der Waals surface area contributed by atoms with Crippen LogP contribution in [-0.2, 0) is 0 Å². The molecule has 9 nitrogen and oxygen atoms in total. The number of rotatable bonds is 4. The van der Waals surface area contributed by atoms with Crippen LogP contribution in [0.1, 0.15) is 46.5 Å². The van der Waals surface area contributed by atoms with Gasteiger partial charge in [-0.25, -0.2) is 4.79 Å². The van der Waals surface area contributed by atoms with Gasteiger partial charge in [0.2, 0.25) is 12.6 Å². The number of nitrogens with zero attached hydrogens (tertiary/aromatic N) is 3. The lowest BCUT2D eigenvalue weighted by molar-refractivity contribution is 0.161. The van der Waals surface area contributed by atoms with E-state index >= 15 is 0 Å². The smallest absolute Gasteiger partial charge is 0.319 e. The second kappa shape index (κ2) is 8.96. The lowest BCUT2D eigenvalue weighted by Gasteiger charge is -2.37. The van der Waals surface area contributed by atoms with Gasteiger partial charge in [-0.15, -0.1) is 10.2 Å². The number of tetrazole rings is 1. The molecule has 1 saturated carbocycles. The third-order valence-electron chi connectivity index (χ3n) is 6.83. The molecule has 1 fully saturated rings. The van der Waals surface area contributed by atoms with Gasteiger partial charge in [-0.1, -0.05) is 32.9 Å². The van der Waals surface area contributed by atoms with E-state index in [1.807, 2.05) is 36.4 Å². The Hall–Kier alpha value is -3.62. The molecule has 2 aromatic carbocycles. The first-order valence-electron chi connectivity index (χ1n) is 11.7. The molecule has 0 unspecified atom stereocenters. The monoisotopic (exact) mass is 462 g/mol. The molecule has 3 N–H and O–H groups in total. The van der Waals surface area contributed by atoms with Crippen molar-refractivity contribution in [2.45, 2.75) is 52.5 Å². The largest absolute Gasteiger partial charge is 0.454 e. The van der Waals surface area contributed by atoms with Crippen LogP contribution in [0.15, 0.2) is 36.4 Å². The number of fused-ring (bicyclic) bond motifs is 1. The molecule has 9 heteroatoms. The first-order chi connectivity index (χ1) is 16.4. The molecule has 0 atom stereocenters. The molecule has 1 aliphatic heterocycles. The fourth-order valence-electron chi connectivity index (χ4n) is 4.86. The molecule has 34 heavy (non-hydrogen) atoms. The molecule has 178 valence electrons. The fourth-order valence-corrected chi connectivity index (χ4v) is 4.86. The van der Waals surface area contributed by atoms with Crippen molar-refractivity contribution in [2.24, 2.45) is 11.3 Å². The van der Waals surface area contributed by atoms with Crippen LogP contribution in [0.4, 0.5) is 10.5 Å². The van der Waals surface area contributed by atoms with Crippen LogP contribution in [0.3, 0.4) is 0 Å². The second-order valence-electron chi connectivity index (χ2n) is 10.1. The van der Waals surface area contributed by atoms with Crippen LogP contribution in [-0.4, -0.2) is 39.5 Å². The number of ether oxygens (including phenoxy) is 2. The number of aromatic amines is 1. The third kappa shape index (κ3) is 4.69. The quantitative estimate of drug-likeness (QED) is 0.503. The van der Waals surface area contributed by atoms with Crippen molar-refractivity contribution in [3.8, 4) is 34.0 Å². The van der Waals surface area contributed by atoms with Crippen molar-refractivity contribution < 1.29 is 14.3 Å². The van der Waals surface area contributed by atoms with Gasteiger partial charge < -0.3 is 20.1 Å². The predicted octanol–water partition coefficient (Wildman–Crippen LogP) is 4.99. The fraction of sp³-hybridized carbons (Fsp3) is 0.440. The van der Waals surface area contributed by atoms with Crippen molar-refractivity contribution in [1.29, 1.82) is 0 Å². The van der Waals surface area contributed by atoms with Crippen LogP contribution in [0, 0.1) is 11.3 Å². The number of aromatic nitrogens is 4. The Kier molecular flexibility index (Phi) is 5.85. The summed E-state index contributed by atoms with van der Waals surface area (Å²) in [4.78, 5) is 12.7. The average molecular weight is 463 g/mol. The van der Waals surface area contributed by atoms with Gasteiger partial charge >= 0.3 is 6.03 Å². The first kappa shape index (κ1) is 22.2. The number of carbonyl (C=O) groups excluding carboxylic acids is 1. The maximum atomic E-state index is 12.7. The van der Waals surface area contributed by atoms with E-state index in [0.29, 0.717) is 28.6 Å². The number of urea groups is 1. The van der Waals surface area contributed by atoms with E-state index in [4.69, 9.17) is 9.47 Å². The molecular formula is C25H30N6O3. The minimum atomic E-state index is -0.200. The van der Waals surface area contributed by atoms with Gasteiger partial charge in [-0.2, -0.15) is 5.21 Å². The molecule has 2 amide bonds. The van der Waals surface area contributed by atoms with Gasteiger partial charge in [0.25, 0.3) is 0 Å². The van der Waals surface area contributed by atoms with Crippen molar-refractivity contribution in [3.05, 3.63) is 36.4 Å². The lowest BCUT2D eigenvalue weighted by atomic mass is 9.71. The minimum Gasteiger partial charge on any atom is -0.454 e. The number of benzene rings is 2. The van der Waals surface area contributed by atoms with Crippen molar-refractivity contribution in [1.82, 2.24) is 25.9 Å². The predicted molar refractivity (Wildman–Crippen MR) is 129 cm³/mol. The zero-order chi connectivity index (χ0) is 23.7. The molecule has 2 aliphatic rings. The zero-order valence-electron chi connectivity index (χ0n) is 19.7. The summed E-state index contributed by atoms with van der Waals surface area (Å²) in [5, 5.41) is 20.6. The Morgan fingerprint density at radius 2 is 1.79 bits per heavy atom. The molecule has 1 aromatic heterocycles. The van der Waals surface area contributed by atoms with E-state index in [9.17, 15) is 4.79 Å². The molecule has 0 spiro atoms. The molecule has 3 aromatic rings. The minimum absolute atomic E-state index is 0.197. The summed E-state index contributed by atoms with van der Waals surface area (Å²) in [7, 11) is 0. The Balaban J connectivity index is 1.31. The highest BCUT2D eigenvalue weighted by atomic mass is 16.7. The van der Waals surface area contributed by atoms with E-state index in [1.165, 1.54) is 0 Å². The van der Waals surface area contributed by atoms with Crippen molar-refractivity contribution in [2.75, 3.05) is 12.1 Å². The Labute approximate surface area is 198 Å². The maximum Gasteiger partial charge on any atom is 0.319 e. The Bertz CT molecular complexity index is 1160. The molecule has 0 radical (unpaired) electrons. The van der Waals surface area contributed by atoms with E-state index < -0.39 is 0 Å². The molecular weight excluding hydrogens is 432 g/mol. The topological polar surface area (TPSA) is 114 Å². The van der Waals surface area contributed by atoms with Crippen molar-refractivity contribution in [3.63, 3.8) is 0 Å². The summed E-state index contributed by atoms with van der Waals surface area (Å²) < 4.78 is 11.0. The summed E-state index contributed by atoms with van der Waals surface area (Å²) >= 11 is 0. The number of hydrogen-bond acceptors (Lipinski definition) is 6. The number of nitrogens with one attached hydrogen (secondary N) is 3. The highest BCUT2D eigenvalue weighted by molar-refractivity contribution is 5.92. The summed E-state index contributed by atoms with van der Waals surface area (Å²) in [6.07, 6.45) is 4.29. The standard InChI is InChI=1S/C25H30N6O3/c1-25(2,3)16-5-7-17(8-6-16)26-24(32)27-18-9-10-19(20(13-18)23-28-30-31-29-23)15-4-11-21-22(12-15)34-14-33-21/h4,9-13,16-17H,5-8,14H2,1-3H3,(H2,26,27,32)(H,28,29,30,31). The molecule has 1 aliphatic carbocycles. The summed E-state index contributed by atoms with van der Waals surface area (Å²) in [5.41, 5.74) is 3.54. The molecule has 2 heterocycles. The number of hydrogen-bond donors (Lipinski definition) is 3. The van der Waals surface area contributed by atoms with Gasteiger partial charge in [-0.05, 0) is 77.6 Å². The highest BCUT2D eigenvalue weighted by Crippen LogP contribution is 2.40. The summed E-state index contributed by atoms with van der Waals surface area (Å²) in [5.74, 6) is 2.56. The number of H-pyrrole nitrogens is 1. The SMILES string of the molecule is CC(C)(C)C1CCC(NC(=O)Nc2ccc(-c3ccc4c(c3)OCO4)c(-c3nn[nH]n3)c2)CC1. The van der Waals surface area contributed by atoms with Gasteiger partial charge in [0.05, 0.1) is 0 Å². The second-order valence-corrected chi connectivity index (χ2v) is 10.1. The normalized spacial score (nSPS) is 19.6. The number of anilines is 1. The van der Waals surface area contributed by atoms with Crippen molar-refractivity contribution >= 4 is 11.7 Å². The summed E-state index contributed by atoms with van der Waals surface area (Å²) in [6.45, 7) is 7.11. The van der Waals surface area contributed by atoms with Crippen LogP contribution < -0.4 is 20.1 Å². The van der Waals surface area contributed by atoms with Gasteiger partial charge in [-0.3, -0.25) is 0 Å². The van der Waals surface area contributed by atoms with Crippen LogP contribution in [0.2, 0.25) is 0 Å². The highest BCUT2D eigenvalue weighted by Gasteiger charge is 2.30. The van der Waals surface area contributed by atoms with Crippen LogP contribution >= 0.6 is 0 Å².